The van der Waals surface area contributed by atoms with Gasteiger partial charge in [0.05, 0.1) is 19.3 Å². The van der Waals surface area contributed by atoms with Gasteiger partial charge in [-0.3, -0.25) is 0 Å². The third kappa shape index (κ3) is 2.30. The fraction of sp³-hybridized carbons (Fsp3) is 1.00. The molecule has 0 aromatic heterocycles. The second-order valence-corrected chi connectivity index (χ2v) is 2.15. The molecular formula is C6H12NO2. The molecule has 1 radical (unpaired) electrons. The van der Waals surface area contributed by atoms with E-state index >= 15 is 0 Å². The van der Waals surface area contributed by atoms with Crippen LogP contribution in [0.4, 0.5) is 0 Å². The smallest absolute Gasteiger partial charge is 0.0637 e. The minimum absolute atomic E-state index is 0.220. The van der Waals surface area contributed by atoms with Crippen molar-refractivity contribution in [1.82, 2.24) is 5.32 Å². The summed E-state index contributed by atoms with van der Waals surface area (Å²) in [5, 5.41) is 12.7. The van der Waals surface area contributed by atoms with Crippen molar-refractivity contribution in [2.24, 2.45) is 0 Å². The van der Waals surface area contributed by atoms with Crippen LogP contribution in [-0.2, 0) is 4.74 Å². The molecule has 1 aliphatic rings. The van der Waals surface area contributed by atoms with Gasteiger partial charge in [-0.05, 0) is 6.42 Å². The zero-order valence-corrected chi connectivity index (χ0v) is 5.42. The summed E-state index contributed by atoms with van der Waals surface area (Å²) in [6.45, 7) is 2.46. The Morgan fingerprint density at radius 1 is 1.67 bits per heavy atom. The minimum atomic E-state index is 0.220. The number of morpholine rings is 1. The molecule has 0 spiro atoms. The van der Waals surface area contributed by atoms with Gasteiger partial charge in [-0.15, -0.1) is 0 Å². The third-order valence-electron chi connectivity index (χ3n) is 1.40. The van der Waals surface area contributed by atoms with E-state index in [2.05, 4.69) is 5.32 Å². The van der Waals surface area contributed by atoms with Crippen LogP contribution in [0.15, 0.2) is 0 Å². The van der Waals surface area contributed by atoms with E-state index in [4.69, 9.17) is 9.84 Å². The van der Waals surface area contributed by atoms with Gasteiger partial charge in [0, 0.05) is 13.2 Å². The first-order valence-electron chi connectivity index (χ1n) is 3.28. The average molecular weight is 130 g/mol. The number of aliphatic hydroxyl groups is 1. The summed E-state index contributed by atoms with van der Waals surface area (Å²) in [6.07, 6.45) is 0.750. The Kier molecular flexibility index (Phi) is 2.97. The van der Waals surface area contributed by atoms with Crippen LogP contribution in [0, 0.1) is 0 Å². The quantitative estimate of drug-likeness (QED) is 0.541. The monoisotopic (exact) mass is 130 g/mol. The normalized spacial score (nSPS) is 28.3. The SMILES string of the molecule is OCCC1COCC[N]1. The maximum Gasteiger partial charge on any atom is 0.0637 e. The molecule has 3 nitrogen and oxygen atoms in total. The van der Waals surface area contributed by atoms with E-state index in [1.807, 2.05) is 0 Å². The van der Waals surface area contributed by atoms with Gasteiger partial charge in [0.2, 0.25) is 0 Å². The van der Waals surface area contributed by atoms with Gasteiger partial charge in [0.1, 0.15) is 0 Å². The fourth-order valence-electron chi connectivity index (χ4n) is 0.896. The van der Waals surface area contributed by atoms with Crippen molar-refractivity contribution in [3.63, 3.8) is 0 Å². The van der Waals surface area contributed by atoms with Gasteiger partial charge in [-0.2, -0.15) is 0 Å². The Balaban J connectivity index is 2.08. The summed E-state index contributed by atoms with van der Waals surface area (Å²) >= 11 is 0. The maximum absolute atomic E-state index is 8.50. The molecule has 0 saturated carbocycles. The maximum atomic E-state index is 8.50. The molecule has 0 aliphatic carbocycles. The van der Waals surface area contributed by atoms with E-state index in [1.165, 1.54) is 0 Å². The predicted molar refractivity (Wildman–Crippen MR) is 33.3 cm³/mol. The van der Waals surface area contributed by atoms with Crippen LogP contribution in [0.3, 0.4) is 0 Å². The highest BCUT2D eigenvalue weighted by atomic mass is 16.5. The highest BCUT2D eigenvalue weighted by Crippen LogP contribution is 1.98. The lowest BCUT2D eigenvalue weighted by atomic mass is 10.2. The number of ether oxygens (including phenoxy) is 1. The fourth-order valence-corrected chi connectivity index (χ4v) is 0.896. The Morgan fingerprint density at radius 3 is 3.11 bits per heavy atom. The molecule has 53 valence electrons. The zero-order valence-electron chi connectivity index (χ0n) is 5.42. The standard InChI is InChI=1S/C6H12NO2/c8-3-1-6-5-9-4-2-7-6/h6,8H,1-5H2. The lowest BCUT2D eigenvalue weighted by Gasteiger charge is -2.20. The van der Waals surface area contributed by atoms with Crippen LogP contribution in [-0.4, -0.2) is 37.5 Å². The van der Waals surface area contributed by atoms with E-state index < -0.39 is 0 Å². The van der Waals surface area contributed by atoms with Crippen molar-refractivity contribution in [3.05, 3.63) is 0 Å². The van der Waals surface area contributed by atoms with Crippen molar-refractivity contribution < 1.29 is 9.84 Å². The lowest BCUT2D eigenvalue weighted by Crippen LogP contribution is -2.36. The summed E-state index contributed by atoms with van der Waals surface area (Å²) in [5.41, 5.74) is 0. The number of hydrogen-bond acceptors (Lipinski definition) is 2. The molecule has 1 heterocycles. The van der Waals surface area contributed by atoms with Gasteiger partial charge in [-0.25, -0.2) is 5.32 Å². The van der Waals surface area contributed by atoms with Crippen LogP contribution in [0.5, 0.6) is 0 Å². The second-order valence-electron chi connectivity index (χ2n) is 2.15. The third-order valence-corrected chi connectivity index (χ3v) is 1.40. The van der Waals surface area contributed by atoms with Crippen molar-refractivity contribution in [2.45, 2.75) is 12.5 Å². The summed E-state index contributed by atoms with van der Waals surface area (Å²) in [7, 11) is 0. The van der Waals surface area contributed by atoms with Crippen LogP contribution in [0.1, 0.15) is 6.42 Å². The Morgan fingerprint density at radius 2 is 2.56 bits per heavy atom. The average Bonchev–Trinajstić information content (AvgIpc) is 1.91. The number of hydrogen-bond donors (Lipinski definition) is 1. The van der Waals surface area contributed by atoms with Crippen LogP contribution in [0.25, 0.3) is 0 Å². The van der Waals surface area contributed by atoms with Crippen LogP contribution in [0.2, 0.25) is 0 Å². The van der Waals surface area contributed by atoms with Crippen molar-refractivity contribution in [2.75, 3.05) is 26.4 Å². The summed E-state index contributed by atoms with van der Waals surface area (Å²) in [4.78, 5) is 0. The Hall–Kier alpha value is -0.120. The zero-order chi connectivity index (χ0) is 6.53. The van der Waals surface area contributed by atoms with E-state index in [9.17, 15) is 0 Å². The molecule has 9 heavy (non-hydrogen) atoms. The first-order valence-corrected chi connectivity index (χ1v) is 3.28. The van der Waals surface area contributed by atoms with Crippen molar-refractivity contribution in [1.29, 1.82) is 0 Å². The Labute approximate surface area is 55.0 Å². The second kappa shape index (κ2) is 3.82. The lowest BCUT2D eigenvalue weighted by molar-refractivity contribution is 0.0654. The van der Waals surface area contributed by atoms with Crippen molar-refractivity contribution in [3.8, 4) is 0 Å². The molecule has 3 heteroatoms. The minimum Gasteiger partial charge on any atom is -0.396 e. The van der Waals surface area contributed by atoms with E-state index in [1.54, 1.807) is 0 Å². The van der Waals surface area contributed by atoms with Gasteiger partial charge < -0.3 is 9.84 Å². The predicted octanol–water partition coefficient (Wildman–Crippen LogP) is -0.628. The van der Waals surface area contributed by atoms with Crippen molar-refractivity contribution >= 4 is 0 Å². The molecule has 1 N–H and O–H groups in total. The highest BCUT2D eigenvalue weighted by molar-refractivity contribution is 4.68. The Bertz CT molecular complexity index is 68.7. The van der Waals surface area contributed by atoms with Gasteiger partial charge in [0.25, 0.3) is 0 Å². The molecule has 1 aliphatic heterocycles. The summed E-state index contributed by atoms with van der Waals surface area (Å²) in [6, 6.07) is 0.253. The molecule has 1 saturated heterocycles. The number of aliphatic hydroxyl groups excluding tert-OH is 1. The highest BCUT2D eigenvalue weighted by Gasteiger charge is 2.12. The first-order chi connectivity index (χ1) is 4.43. The molecule has 0 aromatic carbocycles. The number of rotatable bonds is 2. The van der Waals surface area contributed by atoms with Gasteiger partial charge >= 0.3 is 0 Å². The van der Waals surface area contributed by atoms with Crippen LogP contribution >= 0.6 is 0 Å². The van der Waals surface area contributed by atoms with Gasteiger partial charge in [-0.1, -0.05) is 0 Å². The molecule has 1 atom stereocenters. The van der Waals surface area contributed by atoms with Gasteiger partial charge in [0.15, 0.2) is 0 Å². The largest absolute Gasteiger partial charge is 0.396 e. The molecule has 0 amide bonds. The van der Waals surface area contributed by atoms with Crippen LogP contribution < -0.4 is 5.32 Å². The first kappa shape index (κ1) is 6.99. The summed E-state index contributed by atoms with van der Waals surface area (Å²) in [5.74, 6) is 0. The molecule has 0 aromatic rings. The van der Waals surface area contributed by atoms with E-state index in [0.717, 1.165) is 19.6 Å². The van der Waals surface area contributed by atoms with E-state index in [-0.39, 0.29) is 12.6 Å². The molecule has 1 rings (SSSR count). The molecule has 0 bridgehead atoms. The molecule has 1 fully saturated rings. The summed E-state index contributed by atoms with van der Waals surface area (Å²) < 4.78 is 5.13. The molecule has 1 unspecified atom stereocenters. The molecular weight excluding hydrogens is 118 g/mol. The number of nitrogens with zero attached hydrogens (tertiary/aromatic N) is 1. The topological polar surface area (TPSA) is 43.6 Å². The van der Waals surface area contributed by atoms with E-state index in [0.29, 0.717) is 6.61 Å².